The summed E-state index contributed by atoms with van der Waals surface area (Å²) in [5.74, 6) is 0.353. The summed E-state index contributed by atoms with van der Waals surface area (Å²) in [6.07, 6.45) is 0.0809. The summed E-state index contributed by atoms with van der Waals surface area (Å²) in [6.45, 7) is 3.17. The van der Waals surface area contributed by atoms with Crippen LogP contribution in [0.2, 0.25) is 0 Å². The van der Waals surface area contributed by atoms with Gasteiger partial charge in [-0.25, -0.2) is 4.79 Å². The second-order valence-electron chi connectivity index (χ2n) is 3.14. The number of nitrogens with zero attached hydrogens (tertiary/aromatic N) is 1. The zero-order valence-electron chi connectivity index (χ0n) is 7.06. The van der Waals surface area contributed by atoms with Crippen LogP contribution in [0.5, 0.6) is 0 Å². The largest absolute Gasteiger partial charge is 0.465 e. The molecule has 0 aromatic rings. The SMILES string of the molecule is C[C@H](N)C1CCN(C(=O)O)C1.Cl. The molecule has 0 aromatic carbocycles. The maximum Gasteiger partial charge on any atom is 0.407 e. The quantitative estimate of drug-likeness (QED) is 0.648. The van der Waals surface area contributed by atoms with Gasteiger partial charge in [0.1, 0.15) is 0 Å². The fourth-order valence-electron chi connectivity index (χ4n) is 1.39. The number of hydrogen-bond acceptors (Lipinski definition) is 2. The third-order valence-corrected chi connectivity index (χ3v) is 2.24. The molecule has 0 saturated carbocycles. The van der Waals surface area contributed by atoms with E-state index in [2.05, 4.69) is 0 Å². The number of rotatable bonds is 1. The Balaban J connectivity index is 0.00000121. The number of hydrogen-bond donors (Lipinski definition) is 2. The van der Waals surface area contributed by atoms with E-state index in [0.29, 0.717) is 19.0 Å². The molecule has 1 heterocycles. The van der Waals surface area contributed by atoms with Crippen LogP contribution in [0.4, 0.5) is 4.79 Å². The van der Waals surface area contributed by atoms with Gasteiger partial charge in [-0.1, -0.05) is 0 Å². The van der Waals surface area contributed by atoms with E-state index in [1.165, 1.54) is 4.90 Å². The van der Waals surface area contributed by atoms with Crippen LogP contribution in [0.15, 0.2) is 0 Å². The second-order valence-corrected chi connectivity index (χ2v) is 3.14. The predicted molar refractivity (Wildman–Crippen MR) is 48.6 cm³/mol. The lowest BCUT2D eigenvalue weighted by atomic mass is 10.0. The van der Waals surface area contributed by atoms with Crippen LogP contribution < -0.4 is 5.73 Å². The van der Waals surface area contributed by atoms with Gasteiger partial charge >= 0.3 is 6.09 Å². The van der Waals surface area contributed by atoms with E-state index in [1.807, 2.05) is 6.92 Å². The molecular weight excluding hydrogens is 180 g/mol. The fraction of sp³-hybridized carbons (Fsp3) is 0.857. The van der Waals surface area contributed by atoms with Crippen molar-refractivity contribution in [1.29, 1.82) is 0 Å². The standard InChI is InChI=1S/C7H14N2O2.ClH/c1-5(8)6-2-3-9(4-6)7(10)11;/h5-6H,2-4,8H2,1H3,(H,10,11);1H/t5-,6?;/m0./s1. The third kappa shape index (κ3) is 2.53. The zero-order valence-corrected chi connectivity index (χ0v) is 7.88. The van der Waals surface area contributed by atoms with Crippen LogP contribution in [0.25, 0.3) is 0 Å². The molecule has 0 bridgehead atoms. The second kappa shape index (κ2) is 4.52. The van der Waals surface area contributed by atoms with E-state index in [1.54, 1.807) is 0 Å². The Kier molecular flexibility index (Phi) is 4.34. The van der Waals surface area contributed by atoms with Gasteiger partial charge in [-0.15, -0.1) is 12.4 Å². The van der Waals surface area contributed by atoms with E-state index in [-0.39, 0.29) is 18.4 Å². The molecular formula is C7H15ClN2O2. The molecule has 1 unspecified atom stereocenters. The van der Waals surface area contributed by atoms with Gasteiger partial charge in [0.25, 0.3) is 0 Å². The molecule has 0 radical (unpaired) electrons. The van der Waals surface area contributed by atoms with Crippen LogP contribution >= 0.6 is 12.4 Å². The summed E-state index contributed by atoms with van der Waals surface area (Å²) >= 11 is 0. The maximum atomic E-state index is 10.5. The summed E-state index contributed by atoms with van der Waals surface area (Å²) in [5, 5.41) is 8.60. The minimum Gasteiger partial charge on any atom is -0.465 e. The minimum absolute atomic E-state index is 0. The number of halogens is 1. The van der Waals surface area contributed by atoms with E-state index in [4.69, 9.17) is 10.8 Å². The zero-order chi connectivity index (χ0) is 8.43. The Morgan fingerprint density at radius 1 is 1.75 bits per heavy atom. The first-order chi connectivity index (χ1) is 5.11. The Morgan fingerprint density at radius 3 is 2.58 bits per heavy atom. The highest BCUT2D eigenvalue weighted by Crippen LogP contribution is 2.17. The molecule has 1 rings (SSSR count). The van der Waals surface area contributed by atoms with Crippen molar-refractivity contribution in [3.05, 3.63) is 0 Å². The molecule has 1 saturated heterocycles. The van der Waals surface area contributed by atoms with Gasteiger partial charge in [-0.3, -0.25) is 0 Å². The van der Waals surface area contributed by atoms with Crippen molar-refractivity contribution in [3.8, 4) is 0 Å². The molecule has 1 aliphatic rings. The molecule has 0 spiro atoms. The number of carbonyl (C=O) groups is 1. The molecule has 1 fully saturated rings. The molecule has 72 valence electrons. The average molecular weight is 195 g/mol. The van der Waals surface area contributed by atoms with Gasteiger partial charge in [0.05, 0.1) is 0 Å². The third-order valence-electron chi connectivity index (χ3n) is 2.24. The average Bonchev–Trinajstić information content (AvgIpc) is 2.33. The van der Waals surface area contributed by atoms with Gasteiger partial charge in [0.15, 0.2) is 0 Å². The van der Waals surface area contributed by atoms with Crippen molar-refractivity contribution in [2.75, 3.05) is 13.1 Å². The van der Waals surface area contributed by atoms with E-state index >= 15 is 0 Å². The van der Waals surface area contributed by atoms with Crippen LogP contribution in [0.3, 0.4) is 0 Å². The van der Waals surface area contributed by atoms with Crippen molar-refractivity contribution in [2.45, 2.75) is 19.4 Å². The Morgan fingerprint density at radius 2 is 2.33 bits per heavy atom. The first kappa shape index (κ1) is 11.5. The topological polar surface area (TPSA) is 66.6 Å². The fourth-order valence-corrected chi connectivity index (χ4v) is 1.39. The molecule has 5 heteroatoms. The highest BCUT2D eigenvalue weighted by Gasteiger charge is 2.27. The lowest BCUT2D eigenvalue weighted by Gasteiger charge is -2.14. The smallest absolute Gasteiger partial charge is 0.407 e. The lowest BCUT2D eigenvalue weighted by molar-refractivity contribution is 0.153. The number of likely N-dealkylation sites (tertiary alicyclic amines) is 1. The van der Waals surface area contributed by atoms with E-state index in [9.17, 15) is 4.79 Å². The number of carboxylic acid groups (broad SMARTS) is 1. The summed E-state index contributed by atoms with van der Waals surface area (Å²) < 4.78 is 0. The Hall–Kier alpha value is -0.480. The van der Waals surface area contributed by atoms with Gasteiger partial charge in [-0.05, 0) is 19.3 Å². The first-order valence-corrected chi connectivity index (χ1v) is 3.84. The van der Waals surface area contributed by atoms with E-state index in [0.717, 1.165) is 6.42 Å². The van der Waals surface area contributed by atoms with Gasteiger partial charge < -0.3 is 15.7 Å². The van der Waals surface area contributed by atoms with Crippen LogP contribution in [0.1, 0.15) is 13.3 Å². The van der Waals surface area contributed by atoms with Crippen molar-refractivity contribution in [1.82, 2.24) is 4.90 Å². The highest BCUT2D eigenvalue weighted by molar-refractivity contribution is 5.85. The molecule has 4 nitrogen and oxygen atoms in total. The Labute approximate surface area is 78.1 Å². The molecule has 0 aliphatic carbocycles. The molecule has 1 amide bonds. The van der Waals surface area contributed by atoms with Crippen molar-refractivity contribution >= 4 is 18.5 Å². The van der Waals surface area contributed by atoms with Gasteiger partial charge in [0, 0.05) is 19.1 Å². The summed E-state index contributed by atoms with van der Waals surface area (Å²) in [4.78, 5) is 11.9. The number of nitrogens with two attached hydrogens (primary N) is 1. The molecule has 0 aromatic heterocycles. The molecule has 1 aliphatic heterocycles. The van der Waals surface area contributed by atoms with E-state index < -0.39 is 6.09 Å². The minimum atomic E-state index is -0.826. The summed E-state index contributed by atoms with van der Waals surface area (Å²) in [6, 6.07) is 0.111. The first-order valence-electron chi connectivity index (χ1n) is 3.84. The maximum absolute atomic E-state index is 10.5. The molecule has 2 atom stereocenters. The molecule has 3 N–H and O–H groups in total. The summed E-state index contributed by atoms with van der Waals surface area (Å²) in [7, 11) is 0. The highest BCUT2D eigenvalue weighted by atomic mass is 35.5. The monoisotopic (exact) mass is 194 g/mol. The van der Waals surface area contributed by atoms with Crippen LogP contribution in [0, 0.1) is 5.92 Å². The predicted octanol–water partition coefficient (Wildman–Crippen LogP) is 0.755. The normalized spacial score (nSPS) is 24.8. The Bertz CT molecular complexity index is 163. The van der Waals surface area contributed by atoms with Crippen molar-refractivity contribution < 1.29 is 9.90 Å². The number of amides is 1. The van der Waals surface area contributed by atoms with Crippen molar-refractivity contribution in [2.24, 2.45) is 11.7 Å². The summed E-state index contributed by atoms with van der Waals surface area (Å²) in [5.41, 5.74) is 5.64. The van der Waals surface area contributed by atoms with Crippen molar-refractivity contribution in [3.63, 3.8) is 0 Å². The lowest BCUT2D eigenvalue weighted by Crippen LogP contribution is -2.32. The molecule has 12 heavy (non-hydrogen) atoms. The van der Waals surface area contributed by atoms with Crippen LogP contribution in [-0.2, 0) is 0 Å². The van der Waals surface area contributed by atoms with Gasteiger partial charge in [0.2, 0.25) is 0 Å². The van der Waals surface area contributed by atoms with Gasteiger partial charge in [-0.2, -0.15) is 0 Å². The van der Waals surface area contributed by atoms with Crippen LogP contribution in [-0.4, -0.2) is 35.2 Å².